The van der Waals surface area contributed by atoms with Gasteiger partial charge in [-0.25, -0.2) is 0 Å². The van der Waals surface area contributed by atoms with E-state index in [0.717, 1.165) is 6.92 Å². The van der Waals surface area contributed by atoms with E-state index in [9.17, 15) is 13.2 Å². The van der Waals surface area contributed by atoms with Crippen LogP contribution in [0.1, 0.15) is 34.1 Å². The van der Waals surface area contributed by atoms with Crippen LogP contribution in [0.25, 0.3) is 0 Å². The first-order valence-corrected chi connectivity index (χ1v) is 4.46. The summed E-state index contributed by atoms with van der Waals surface area (Å²) in [5.74, 6) is -0.570. The van der Waals surface area contributed by atoms with Crippen molar-refractivity contribution in [1.29, 1.82) is 0 Å². The minimum absolute atomic E-state index is 0.147. The van der Waals surface area contributed by atoms with Gasteiger partial charge in [-0.15, -0.1) is 0 Å². The van der Waals surface area contributed by atoms with Crippen molar-refractivity contribution in [1.82, 2.24) is 0 Å². The Kier molecular flexibility index (Phi) is 4.23. The average molecular weight is 198 g/mol. The maximum Gasteiger partial charge on any atom is 0.417 e. The number of hydrogen-bond acceptors (Lipinski definition) is 1. The monoisotopic (exact) mass is 198 g/mol. The zero-order valence-electron chi connectivity index (χ0n) is 8.53. The van der Waals surface area contributed by atoms with Gasteiger partial charge in [0, 0.05) is 6.61 Å². The van der Waals surface area contributed by atoms with Crippen molar-refractivity contribution in [3.8, 4) is 0 Å². The van der Waals surface area contributed by atoms with Gasteiger partial charge in [0.25, 0.3) is 0 Å². The highest BCUT2D eigenvalue weighted by Crippen LogP contribution is 2.39. The zero-order chi connectivity index (χ0) is 10.7. The molecule has 0 N–H and O–H groups in total. The lowest BCUT2D eigenvalue weighted by molar-refractivity contribution is -0.286. The average Bonchev–Trinajstić information content (AvgIpc) is 1.97. The first kappa shape index (κ1) is 12.8. The lowest BCUT2D eigenvalue weighted by Crippen LogP contribution is -2.49. The van der Waals surface area contributed by atoms with Crippen LogP contribution in [0.2, 0.25) is 0 Å². The molecule has 0 saturated carbocycles. The van der Waals surface area contributed by atoms with Gasteiger partial charge < -0.3 is 4.74 Å². The van der Waals surface area contributed by atoms with Gasteiger partial charge in [0.2, 0.25) is 0 Å². The summed E-state index contributed by atoms with van der Waals surface area (Å²) in [5.41, 5.74) is -2.01. The Hall–Kier alpha value is -0.250. The van der Waals surface area contributed by atoms with Crippen molar-refractivity contribution in [3.05, 3.63) is 0 Å². The third-order valence-electron chi connectivity index (χ3n) is 2.27. The molecule has 0 rings (SSSR count). The van der Waals surface area contributed by atoms with E-state index >= 15 is 0 Å². The Labute approximate surface area is 77.3 Å². The number of rotatable bonds is 4. The van der Waals surface area contributed by atoms with Gasteiger partial charge in [0.05, 0.1) is 0 Å². The summed E-state index contributed by atoms with van der Waals surface area (Å²) in [5, 5.41) is 0. The Morgan fingerprint density at radius 2 is 1.69 bits per heavy atom. The van der Waals surface area contributed by atoms with E-state index in [1.54, 1.807) is 6.92 Å². The largest absolute Gasteiger partial charge is 0.417 e. The topological polar surface area (TPSA) is 9.23 Å². The minimum Gasteiger partial charge on any atom is -0.366 e. The molecule has 1 nitrogen and oxygen atoms in total. The minimum atomic E-state index is -4.30. The van der Waals surface area contributed by atoms with Crippen molar-refractivity contribution in [2.24, 2.45) is 5.92 Å². The second-order valence-electron chi connectivity index (χ2n) is 3.61. The van der Waals surface area contributed by atoms with Crippen LogP contribution in [0.5, 0.6) is 0 Å². The van der Waals surface area contributed by atoms with Gasteiger partial charge in [0.1, 0.15) is 0 Å². The van der Waals surface area contributed by atoms with Gasteiger partial charge >= 0.3 is 6.18 Å². The Bertz CT molecular complexity index is 153. The summed E-state index contributed by atoms with van der Waals surface area (Å²) in [6.45, 7) is 6.07. The van der Waals surface area contributed by atoms with Crippen molar-refractivity contribution in [3.63, 3.8) is 0 Å². The van der Waals surface area contributed by atoms with Crippen molar-refractivity contribution in [2.45, 2.75) is 45.9 Å². The summed E-state index contributed by atoms with van der Waals surface area (Å²) in [6, 6.07) is 0. The molecule has 0 radical (unpaired) electrons. The van der Waals surface area contributed by atoms with Crippen LogP contribution < -0.4 is 0 Å². The quantitative estimate of drug-likeness (QED) is 0.672. The molecule has 0 aliphatic rings. The summed E-state index contributed by atoms with van der Waals surface area (Å²) >= 11 is 0. The molecule has 0 aromatic carbocycles. The van der Waals surface area contributed by atoms with Crippen LogP contribution in [-0.4, -0.2) is 18.4 Å². The Balaban J connectivity index is 4.54. The maximum absolute atomic E-state index is 12.6. The molecular weight excluding hydrogens is 181 g/mol. The molecule has 0 fully saturated rings. The molecule has 0 bridgehead atoms. The molecular formula is C9H17F3O. The van der Waals surface area contributed by atoms with E-state index in [1.807, 2.05) is 0 Å². The van der Waals surface area contributed by atoms with E-state index in [4.69, 9.17) is 4.74 Å². The molecule has 1 atom stereocenters. The van der Waals surface area contributed by atoms with E-state index in [-0.39, 0.29) is 6.61 Å². The molecule has 13 heavy (non-hydrogen) atoms. The molecule has 0 aromatic rings. The summed E-state index contributed by atoms with van der Waals surface area (Å²) < 4.78 is 42.5. The molecule has 0 spiro atoms. The predicted octanol–water partition coefficient (Wildman–Crippen LogP) is 3.39. The normalized spacial score (nSPS) is 17.5. The molecule has 0 amide bonds. The highest BCUT2D eigenvalue weighted by Gasteiger charge is 2.54. The molecule has 0 heterocycles. The fourth-order valence-electron chi connectivity index (χ4n) is 0.890. The molecule has 0 aliphatic heterocycles. The van der Waals surface area contributed by atoms with Gasteiger partial charge in [-0.2, -0.15) is 13.2 Å². The highest BCUT2D eigenvalue weighted by atomic mass is 19.4. The maximum atomic E-state index is 12.6. The molecule has 4 heteroatoms. The second kappa shape index (κ2) is 4.31. The standard InChI is InChI=1S/C9H17F3O/c1-5-6-13-8(4,7(2)3)9(10,11)12/h7H,5-6H2,1-4H3. The summed E-state index contributed by atoms with van der Waals surface area (Å²) in [4.78, 5) is 0. The molecule has 1 unspecified atom stereocenters. The fourth-order valence-corrected chi connectivity index (χ4v) is 0.890. The van der Waals surface area contributed by atoms with Crippen LogP contribution in [0.4, 0.5) is 13.2 Å². The lowest BCUT2D eigenvalue weighted by Gasteiger charge is -2.35. The third kappa shape index (κ3) is 2.86. The number of alkyl halides is 3. The second-order valence-corrected chi connectivity index (χ2v) is 3.61. The molecule has 0 aliphatic carbocycles. The number of halogens is 3. The first-order valence-electron chi connectivity index (χ1n) is 4.46. The molecule has 0 saturated heterocycles. The first-order chi connectivity index (χ1) is 5.75. The van der Waals surface area contributed by atoms with Crippen molar-refractivity contribution >= 4 is 0 Å². The highest BCUT2D eigenvalue weighted by molar-refractivity contribution is 4.86. The zero-order valence-corrected chi connectivity index (χ0v) is 8.53. The number of ether oxygens (including phenoxy) is 1. The van der Waals surface area contributed by atoms with E-state index in [2.05, 4.69) is 0 Å². The summed E-state index contributed by atoms with van der Waals surface area (Å²) in [6.07, 6.45) is -3.70. The van der Waals surface area contributed by atoms with Gasteiger partial charge in [-0.05, 0) is 19.3 Å². The molecule has 0 aromatic heterocycles. The summed E-state index contributed by atoms with van der Waals surface area (Å²) in [7, 11) is 0. The van der Waals surface area contributed by atoms with E-state index < -0.39 is 17.7 Å². The van der Waals surface area contributed by atoms with Crippen LogP contribution in [0.3, 0.4) is 0 Å². The predicted molar refractivity (Wildman–Crippen MR) is 45.5 cm³/mol. The lowest BCUT2D eigenvalue weighted by atomic mass is 9.91. The van der Waals surface area contributed by atoms with Crippen LogP contribution in [0.15, 0.2) is 0 Å². The third-order valence-corrected chi connectivity index (χ3v) is 2.27. The van der Waals surface area contributed by atoms with E-state index in [0.29, 0.717) is 6.42 Å². The van der Waals surface area contributed by atoms with Crippen molar-refractivity contribution in [2.75, 3.05) is 6.61 Å². The Morgan fingerprint density at radius 1 is 1.23 bits per heavy atom. The fraction of sp³-hybridized carbons (Fsp3) is 1.00. The van der Waals surface area contributed by atoms with Gasteiger partial charge in [0.15, 0.2) is 5.60 Å². The SMILES string of the molecule is CCCOC(C)(C(C)C)C(F)(F)F. The van der Waals surface area contributed by atoms with Crippen LogP contribution >= 0.6 is 0 Å². The van der Waals surface area contributed by atoms with Gasteiger partial charge in [-0.3, -0.25) is 0 Å². The van der Waals surface area contributed by atoms with E-state index in [1.165, 1.54) is 13.8 Å². The van der Waals surface area contributed by atoms with Gasteiger partial charge in [-0.1, -0.05) is 20.8 Å². The van der Waals surface area contributed by atoms with Crippen molar-refractivity contribution < 1.29 is 17.9 Å². The van der Waals surface area contributed by atoms with Crippen LogP contribution in [0, 0.1) is 5.92 Å². The number of hydrogen-bond donors (Lipinski definition) is 0. The molecule has 80 valence electrons. The Morgan fingerprint density at radius 3 is 1.92 bits per heavy atom. The smallest absolute Gasteiger partial charge is 0.366 e. The van der Waals surface area contributed by atoms with Crippen LogP contribution in [-0.2, 0) is 4.74 Å².